The van der Waals surface area contributed by atoms with E-state index in [0.29, 0.717) is 23.7 Å². The van der Waals surface area contributed by atoms with Crippen LogP contribution in [-0.2, 0) is 4.79 Å². The van der Waals surface area contributed by atoms with Crippen molar-refractivity contribution in [3.63, 3.8) is 0 Å². The van der Waals surface area contributed by atoms with Crippen LogP contribution < -0.4 is 14.2 Å². The molecule has 1 aromatic rings. The molecule has 0 radical (unpaired) electrons. The fourth-order valence-corrected chi connectivity index (χ4v) is 1.46. The molecule has 0 amide bonds. The van der Waals surface area contributed by atoms with E-state index in [2.05, 4.69) is 0 Å². The van der Waals surface area contributed by atoms with Crippen molar-refractivity contribution in [3.8, 4) is 17.2 Å². The summed E-state index contributed by atoms with van der Waals surface area (Å²) in [5.74, 6) is 1.67. The first-order valence-corrected chi connectivity index (χ1v) is 5.58. The van der Waals surface area contributed by atoms with Crippen LogP contribution in [0.5, 0.6) is 17.2 Å². The van der Waals surface area contributed by atoms with Crippen molar-refractivity contribution in [2.24, 2.45) is 0 Å². The van der Waals surface area contributed by atoms with Gasteiger partial charge in [-0.05, 0) is 18.6 Å². The van der Waals surface area contributed by atoms with E-state index in [-0.39, 0.29) is 12.4 Å². The Morgan fingerprint density at radius 3 is 2.24 bits per heavy atom. The van der Waals surface area contributed by atoms with Crippen LogP contribution >= 0.6 is 0 Å². The van der Waals surface area contributed by atoms with Gasteiger partial charge in [0.05, 0.1) is 14.2 Å². The number of hydrogen-bond donors (Lipinski definition) is 0. The molecule has 0 fully saturated rings. The minimum Gasteiger partial charge on any atom is -0.493 e. The Balaban J connectivity index is 2.77. The van der Waals surface area contributed by atoms with Gasteiger partial charge in [-0.15, -0.1) is 0 Å². The van der Waals surface area contributed by atoms with E-state index in [1.807, 2.05) is 6.92 Å². The predicted octanol–water partition coefficient (Wildman–Crippen LogP) is 2.45. The quantitative estimate of drug-likeness (QED) is 0.732. The second-order valence-electron chi connectivity index (χ2n) is 3.57. The Kier molecular flexibility index (Phi) is 5.33. The summed E-state index contributed by atoms with van der Waals surface area (Å²) in [6, 6.07) is 5.34. The van der Waals surface area contributed by atoms with Gasteiger partial charge >= 0.3 is 0 Å². The highest BCUT2D eigenvalue weighted by atomic mass is 16.5. The minimum absolute atomic E-state index is 0.0462. The van der Waals surface area contributed by atoms with Crippen LogP contribution in [-0.4, -0.2) is 26.6 Å². The summed E-state index contributed by atoms with van der Waals surface area (Å²) in [6.07, 6.45) is 1.35. The van der Waals surface area contributed by atoms with Crippen LogP contribution in [0.1, 0.15) is 19.8 Å². The molecule has 0 atom stereocenters. The third kappa shape index (κ3) is 3.66. The molecule has 4 nitrogen and oxygen atoms in total. The zero-order valence-electron chi connectivity index (χ0n) is 10.5. The Bertz CT molecular complexity index is 351. The zero-order chi connectivity index (χ0) is 12.7. The average molecular weight is 238 g/mol. The van der Waals surface area contributed by atoms with E-state index in [0.717, 1.165) is 6.42 Å². The summed E-state index contributed by atoms with van der Waals surface area (Å²) in [5.41, 5.74) is 0. The van der Waals surface area contributed by atoms with Crippen molar-refractivity contribution in [3.05, 3.63) is 18.2 Å². The molecule has 0 aliphatic rings. The fraction of sp³-hybridized carbons (Fsp3) is 0.462. The molecule has 0 saturated carbocycles. The smallest absolute Gasteiger partial charge is 0.203 e. The van der Waals surface area contributed by atoms with E-state index in [1.165, 1.54) is 0 Å². The number of rotatable bonds is 7. The van der Waals surface area contributed by atoms with Crippen molar-refractivity contribution in [1.29, 1.82) is 0 Å². The van der Waals surface area contributed by atoms with Gasteiger partial charge in [-0.25, -0.2) is 0 Å². The van der Waals surface area contributed by atoms with Gasteiger partial charge in [0.15, 0.2) is 17.3 Å². The first-order valence-electron chi connectivity index (χ1n) is 5.58. The predicted molar refractivity (Wildman–Crippen MR) is 65.0 cm³/mol. The topological polar surface area (TPSA) is 44.8 Å². The molecule has 0 spiro atoms. The molecule has 0 N–H and O–H groups in total. The fourth-order valence-electron chi connectivity index (χ4n) is 1.46. The Labute approximate surface area is 101 Å². The zero-order valence-corrected chi connectivity index (χ0v) is 10.5. The monoisotopic (exact) mass is 238 g/mol. The molecule has 1 rings (SSSR count). The maximum Gasteiger partial charge on any atom is 0.203 e. The molecule has 0 aromatic heterocycles. The van der Waals surface area contributed by atoms with Crippen LogP contribution in [0.4, 0.5) is 0 Å². The average Bonchev–Trinajstić information content (AvgIpc) is 2.36. The first kappa shape index (κ1) is 13.4. The Hall–Kier alpha value is -1.71. The van der Waals surface area contributed by atoms with Gasteiger partial charge in [0.25, 0.3) is 0 Å². The van der Waals surface area contributed by atoms with Crippen molar-refractivity contribution in [2.45, 2.75) is 19.8 Å². The van der Waals surface area contributed by atoms with Crippen molar-refractivity contribution < 1.29 is 19.0 Å². The Morgan fingerprint density at radius 1 is 1.18 bits per heavy atom. The third-order valence-electron chi connectivity index (χ3n) is 2.29. The van der Waals surface area contributed by atoms with Gasteiger partial charge in [-0.3, -0.25) is 4.79 Å². The number of ketones is 1. The van der Waals surface area contributed by atoms with Crippen molar-refractivity contribution in [2.75, 3.05) is 20.8 Å². The number of hydrogen-bond acceptors (Lipinski definition) is 4. The lowest BCUT2D eigenvalue weighted by Crippen LogP contribution is -2.11. The molecule has 0 saturated heterocycles. The van der Waals surface area contributed by atoms with Gasteiger partial charge in [-0.1, -0.05) is 13.0 Å². The Morgan fingerprint density at radius 2 is 1.76 bits per heavy atom. The highest BCUT2D eigenvalue weighted by Crippen LogP contribution is 2.36. The van der Waals surface area contributed by atoms with Crippen LogP contribution in [0.25, 0.3) is 0 Å². The summed E-state index contributed by atoms with van der Waals surface area (Å²) in [6.45, 7) is 2.01. The largest absolute Gasteiger partial charge is 0.493 e. The molecule has 1 aromatic carbocycles. The number of methoxy groups -OCH3 is 2. The van der Waals surface area contributed by atoms with Gasteiger partial charge in [0.2, 0.25) is 5.75 Å². The molecular weight excluding hydrogens is 220 g/mol. The summed E-state index contributed by atoms with van der Waals surface area (Å²) in [5, 5.41) is 0. The summed E-state index contributed by atoms with van der Waals surface area (Å²) < 4.78 is 15.8. The van der Waals surface area contributed by atoms with Crippen LogP contribution in [0.15, 0.2) is 18.2 Å². The standard InChI is InChI=1S/C13H18O4/c1-4-6-10(14)9-17-13-11(15-2)7-5-8-12(13)16-3/h5,7-8H,4,6,9H2,1-3H3. The maximum atomic E-state index is 11.4. The SMILES string of the molecule is CCCC(=O)COc1c(OC)cccc1OC. The highest BCUT2D eigenvalue weighted by Gasteiger charge is 2.12. The van der Waals surface area contributed by atoms with Crippen LogP contribution in [0.2, 0.25) is 0 Å². The maximum absolute atomic E-state index is 11.4. The molecule has 4 heteroatoms. The van der Waals surface area contributed by atoms with Gasteiger partial charge in [-0.2, -0.15) is 0 Å². The normalized spacial score (nSPS) is 9.82. The number of ether oxygens (including phenoxy) is 3. The summed E-state index contributed by atoms with van der Waals surface area (Å²) >= 11 is 0. The first-order chi connectivity index (χ1) is 8.22. The lowest BCUT2D eigenvalue weighted by atomic mass is 10.2. The molecule has 0 bridgehead atoms. The van der Waals surface area contributed by atoms with Gasteiger partial charge in [0.1, 0.15) is 6.61 Å². The number of benzene rings is 1. The number of carbonyl (C=O) groups is 1. The number of para-hydroxylation sites is 1. The van der Waals surface area contributed by atoms with Crippen molar-refractivity contribution in [1.82, 2.24) is 0 Å². The van der Waals surface area contributed by atoms with Gasteiger partial charge < -0.3 is 14.2 Å². The summed E-state index contributed by atoms with van der Waals surface area (Å²) in [4.78, 5) is 11.4. The lowest BCUT2D eigenvalue weighted by molar-refractivity contribution is -0.121. The third-order valence-corrected chi connectivity index (χ3v) is 2.29. The lowest BCUT2D eigenvalue weighted by Gasteiger charge is -2.13. The minimum atomic E-state index is 0.0462. The van der Waals surface area contributed by atoms with E-state index in [4.69, 9.17) is 14.2 Å². The number of Topliss-reactive ketones (excluding diaryl/α,β-unsaturated/α-hetero) is 1. The van der Waals surface area contributed by atoms with Gasteiger partial charge in [0, 0.05) is 6.42 Å². The van der Waals surface area contributed by atoms with E-state index in [1.54, 1.807) is 32.4 Å². The van der Waals surface area contributed by atoms with E-state index >= 15 is 0 Å². The van der Waals surface area contributed by atoms with Crippen molar-refractivity contribution >= 4 is 5.78 Å². The molecular formula is C13H18O4. The molecule has 17 heavy (non-hydrogen) atoms. The van der Waals surface area contributed by atoms with Crippen LogP contribution in [0.3, 0.4) is 0 Å². The van der Waals surface area contributed by atoms with E-state index < -0.39 is 0 Å². The molecule has 0 aliphatic heterocycles. The summed E-state index contributed by atoms with van der Waals surface area (Å²) in [7, 11) is 3.10. The second kappa shape index (κ2) is 6.78. The number of carbonyl (C=O) groups excluding carboxylic acids is 1. The molecule has 0 heterocycles. The molecule has 0 unspecified atom stereocenters. The van der Waals surface area contributed by atoms with Crippen LogP contribution in [0, 0.1) is 0 Å². The second-order valence-corrected chi connectivity index (χ2v) is 3.57. The molecule has 0 aliphatic carbocycles. The molecule has 94 valence electrons. The highest BCUT2D eigenvalue weighted by molar-refractivity contribution is 5.80. The van der Waals surface area contributed by atoms with E-state index in [9.17, 15) is 4.79 Å².